The molecule has 5 nitrogen and oxygen atoms in total. The highest BCUT2D eigenvalue weighted by atomic mass is 16.5. The molecule has 0 aliphatic heterocycles. The monoisotopic (exact) mass is 435 g/mol. The average Bonchev–Trinajstić information content (AvgIpc) is 2.79. The van der Waals surface area contributed by atoms with E-state index in [1.165, 1.54) is 70.6 Å². The molecule has 0 radical (unpaired) electrons. The third-order valence-corrected chi connectivity index (χ3v) is 5.78. The second-order valence-corrected chi connectivity index (χ2v) is 8.59. The van der Waals surface area contributed by atoms with E-state index in [9.17, 15) is 15.0 Å². The normalized spacial score (nSPS) is 13.0. The molecule has 1 rings (SSSR count). The summed E-state index contributed by atoms with van der Waals surface area (Å²) in [6.45, 7) is 2.12. The number of ether oxygens (including phenoxy) is 1. The first-order chi connectivity index (χ1) is 15.2. The van der Waals surface area contributed by atoms with Crippen LogP contribution < -0.4 is 5.32 Å². The van der Waals surface area contributed by atoms with Crippen LogP contribution in [0.25, 0.3) is 0 Å². The second kappa shape index (κ2) is 19.1. The molecule has 5 heteroatoms. The van der Waals surface area contributed by atoms with Gasteiger partial charge in [-0.05, 0) is 12.0 Å². The summed E-state index contributed by atoms with van der Waals surface area (Å²) in [6, 6.07) is 8.72. The van der Waals surface area contributed by atoms with E-state index in [0.717, 1.165) is 18.4 Å². The number of alkyl carbamates (subject to hydrolysis) is 1. The van der Waals surface area contributed by atoms with Gasteiger partial charge in [0.05, 0.1) is 18.8 Å². The SMILES string of the molecule is CCCCCCCCCCCCCCC[C@H](O)[C@H](CO)NC(=O)OCc1ccccc1. The molecule has 1 aromatic carbocycles. The van der Waals surface area contributed by atoms with Crippen LogP contribution in [0.3, 0.4) is 0 Å². The van der Waals surface area contributed by atoms with Crippen LogP contribution in [0.2, 0.25) is 0 Å². The Hall–Kier alpha value is -1.59. The minimum atomic E-state index is -0.762. The maximum atomic E-state index is 11.9. The molecule has 3 N–H and O–H groups in total. The lowest BCUT2D eigenvalue weighted by Crippen LogP contribution is -2.46. The van der Waals surface area contributed by atoms with E-state index in [4.69, 9.17) is 4.74 Å². The number of hydrogen-bond donors (Lipinski definition) is 3. The molecule has 0 spiro atoms. The summed E-state index contributed by atoms with van der Waals surface area (Å²) < 4.78 is 5.16. The minimum Gasteiger partial charge on any atom is -0.445 e. The number of nitrogens with one attached hydrogen (secondary N) is 1. The lowest BCUT2D eigenvalue weighted by atomic mass is 10.0. The highest BCUT2D eigenvalue weighted by Gasteiger charge is 2.20. The number of benzene rings is 1. The highest BCUT2D eigenvalue weighted by molar-refractivity contribution is 5.67. The number of rotatable bonds is 19. The number of hydrogen-bond acceptors (Lipinski definition) is 4. The molecule has 178 valence electrons. The molecule has 1 aromatic rings. The van der Waals surface area contributed by atoms with Gasteiger partial charge in [0.15, 0.2) is 0 Å². The largest absolute Gasteiger partial charge is 0.445 e. The first-order valence-electron chi connectivity index (χ1n) is 12.4. The van der Waals surface area contributed by atoms with Crippen molar-refractivity contribution < 1.29 is 19.7 Å². The van der Waals surface area contributed by atoms with Crippen LogP contribution in [0.1, 0.15) is 102 Å². The molecule has 0 aliphatic carbocycles. The van der Waals surface area contributed by atoms with Gasteiger partial charge < -0.3 is 20.3 Å². The van der Waals surface area contributed by atoms with Crippen molar-refractivity contribution in [2.24, 2.45) is 0 Å². The van der Waals surface area contributed by atoms with Crippen LogP contribution in [0.5, 0.6) is 0 Å². The zero-order chi connectivity index (χ0) is 22.6. The van der Waals surface area contributed by atoms with E-state index < -0.39 is 18.2 Å². The molecule has 0 saturated heterocycles. The average molecular weight is 436 g/mol. The summed E-state index contributed by atoms with van der Waals surface area (Å²) in [5.74, 6) is 0. The second-order valence-electron chi connectivity index (χ2n) is 8.59. The van der Waals surface area contributed by atoms with Gasteiger partial charge in [-0.15, -0.1) is 0 Å². The number of aliphatic hydroxyl groups is 2. The molecule has 0 fully saturated rings. The smallest absolute Gasteiger partial charge is 0.407 e. The van der Waals surface area contributed by atoms with Crippen molar-refractivity contribution in [3.05, 3.63) is 35.9 Å². The van der Waals surface area contributed by atoms with Gasteiger partial charge in [-0.3, -0.25) is 0 Å². The molecule has 0 bridgehead atoms. The lowest BCUT2D eigenvalue weighted by molar-refractivity contribution is 0.0701. The Morgan fingerprint density at radius 3 is 1.90 bits per heavy atom. The minimum absolute atomic E-state index is 0.166. The molecular formula is C26H45NO4. The van der Waals surface area contributed by atoms with E-state index in [1.54, 1.807) is 0 Å². The molecular weight excluding hydrogens is 390 g/mol. The van der Waals surface area contributed by atoms with E-state index in [1.807, 2.05) is 30.3 Å². The molecule has 1 amide bonds. The number of carbonyl (C=O) groups is 1. The van der Waals surface area contributed by atoms with Gasteiger partial charge in [0.25, 0.3) is 0 Å². The summed E-state index contributed by atoms with van der Waals surface area (Å²) in [7, 11) is 0. The summed E-state index contributed by atoms with van der Waals surface area (Å²) in [5.41, 5.74) is 0.894. The van der Waals surface area contributed by atoms with Crippen molar-refractivity contribution in [2.75, 3.05) is 6.61 Å². The van der Waals surface area contributed by atoms with Crippen molar-refractivity contribution in [3.63, 3.8) is 0 Å². The molecule has 0 unspecified atom stereocenters. The van der Waals surface area contributed by atoms with Crippen LogP contribution in [-0.2, 0) is 11.3 Å². The van der Waals surface area contributed by atoms with Gasteiger partial charge in [0, 0.05) is 0 Å². The summed E-state index contributed by atoms with van der Waals surface area (Å²) in [4.78, 5) is 11.9. The van der Waals surface area contributed by atoms with Gasteiger partial charge in [-0.25, -0.2) is 4.79 Å². The Balaban J connectivity index is 2.00. The van der Waals surface area contributed by atoms with Crippen LogP contribution >= 0.6 is 0 Å². The Morgan fingerprint density at radius 2 is 1.39 bits per heavy atom. The Morgan fingerprint density at radius 1 is 0.871 bits per heavy atom. The van der Waals surface area contributed by atoms with Crippen LogP contribution in [0.4, 0.5) is 4.79 Å². The molecule has 31 heavy (non-hydrogen) atoms. The number of amides is 1. The lowest BCUT2D eigenvalue weighted by Gasteiger charge is -2.22. The Bertz CT molecular complexity index is 537. The molecule has 0 heterocycles. The van der Waals surface area contributed by atoms with E-state index in [-0.39, 0.29) is 13.2 Å². The fourth-order valence-electron chi connectivity index (χ4n) is 3.75. The van der Waals surface area contributed by atoms with Crippen LogP contribution in [-0.4, -0.2) is 35.1 Å². The van der Waals surface area contributed by atoms with Crippen molar-refractivity contribution in [1.29, 1.82) is 0 Å². The third-order valence-electron chi connectivity index (χ3n) is 5.78. The first kappa shape index (κ1) is 27.4. The zero-order valence-electron chi connectivity index (χ0n) is 19.6. The Kier molecular flexibility index (Phi) is 16.9. The number of aliphatic hydroxyl groups excluding tert-OH is 2. The van der Waals surface area contributed by atoms with Crippen molar-refractivity contribution in [2.45, 2.75) is 116 Å². The van der Waals surface area contributed by atoms with Crippen LogP contribution in [0, 0.1) is 0 Å². The molecule has 0 saturated carbocycles. The third kappa shape index (κ3) is 14.9. The van der Waals surface area contributed by atoms with Gasteiger partial charge in [-0.1, -0.05) is 121 Å². The molecule has 0 aromatic heterocycles. The van der Waals surface area contributed by atoms with Gasteiger partial charge in [0.1, 0.15) is 6.61 Å². The summed E-state index contributed by atoms with van der Waals surface area (Å²) in [5, 5.41) is 22.4. The number of unbranched alkanes of at least 4 members (excludes halogenated alkanes) is 12. The van der Waals surface area contributed by atoms with E-state index in [2.05, 4.69) is 12.2 Å². The molecule has 0 aliphatic rings. The van der Waals surface area contributed by atoms with E-state index >= 15 is 0 Å². The summed E-state index contributed by atoms with van der Waals surface area (Å²) in [6.07, 6.45) is 15.8. The zero-order valence-corrected chi connectivity index (χ0v) is 19.6. The fourth-order valence-corrected chi connectivity index (χ4v) is 3.75. The van der Waals surface area contributed by atoms with E-state index in [0.29, 0.717) is 6.42 Å². The first-order valence-corrected chi connectivity index (χ1v) is 12.4. The quantitative estimate of drug-likeness (QED) is 0.229. The standard InChI is InChI=1S/C26H45NO4/c1-2-3-4-5-6-7-8-9-10-11-12-13-17-20-25(29)24(21-28)27-26(30)31-22-23-18-15-14-16-19-23/h14-16,18-19,24-25,28-29H,2-13,17,20-22H2,1H3,(H,27,30)/t24-,25-/m0/s1. The topological polar surface area (TPSA) is 78.8 Å². The highest BCUT2D eigenvalue weighted by Crippen LogP contribution is 2.14. The predicted molar refractivity (Wildman–Crippen MR) is 127 cm³/mol. The maximum absolute atomic E-state index is 11.9. The summed E-state index contributed by atoms with van der Waals surface area (Å²) >= 11 is 0. The predicted octanol–water partition coefficient (Wildman–Crippen LogP) is 6.12. The van der Waals surface area contributed by atoms with Crippen molar-refractivity contribution in [1.82, 2.24) is 5.32 Å². The van der Waals surface area contributed by atoms with Crippen molar-refractivity contribution in [3.8, 4) is 0 Å². The van der Waals surface area contributed by atoms with Gasteiger partial charge in [0.2, 0.25) is 0 Å². The number of carbonyl (C=O) groups excluding carboxylic acids is 1. The van der Waals surface area contributed by atoms with Gasteiger partial charge in [-0.2, -0.15) is 0 Å². The fraction of sp³-hybridized carbons (Fsp3) is 0.731. The van der Waals surface area contributed by atoms with Crippen molar-refractivity contribution >= 4 is 6.09 Å². The maximum Gasteiger partial charge on any atom is 0.407 e. The molecule has 2 atom stereocenters. The van der Waals surface area contributed by atoms with Gasteiger partial charge >= 0.3 is 6.09 Å². The van der Waals surface area contributed by atoms with Crippen LogP contribution in [0.15, 0.2) is 30.3 Å². The Labute approximate surface area is 189 Å².